The number of pyridine rings is 2. The number of methoxy groups -OCH3 is 1. The Morgan fingerprint density at radius 3 is 2.45 bits per heavy atom. The second-order valence-electron chi connectivity index (χ2n) is 3.96. The fraction of sp³-hybridized carbons (Fsp3) is 0.0625. The van der Waals surface area contributed by atoms with E-state index in [2.05, 4.69) is 14.7 Å². The van der Waals surface area contributed by atoms with Gasteiger partial charge in [0.25, 0.3) is 0 Å². The fourth-order valence-electron chi connectivity index (χ4n) is 1.49. The largest absolute Gasteiger partial charge is 0.466 e. The van der Waals surface area contributed by atoms with Crippen LogP contribution in [0, 0.1) is 0 Å². The second-order valence-corrected chi connectivity index (χ2v) is 3.96. The average Bonchev–Trinajstić information content (AvgIpc) is 2.52. The molecule has 4 heteroatoms. The van der Waals surface area contributed by atoms with Gasteiger partial charge in [-0.3, -0.25) is 9.97 Å². The Bertz CT molecular complexity index is 617. The first-order valence-corrected chi connectivity index (χ1v) is 6.09. The first-order valence-electron chi connectivity index (χ1n) is 6.09. The van der Waals surface area contributed by atoms with Gasteiger partial charge in [0.05, 0.1) is 18.5 Å². The van der Waals surface area contributed by atoms with Crippen LogP contribution in [0.4, 0.5) is 0 Å². The van der Waals surface area contributed by atoms with Gasteiger partial charge in [-0.2, -0.15) is 0 Å². The lowest BCUT2D eigenvalue weighted by molar-refractivity contribution is -0.134. The fourth-order valence-corrected chi connectivity index (χ4v) is 1.49. The molecule has 0 N–H and O–H groups in total. The highest BCUT2D eigenvalue weighted by molar-refractivity contribution is 5.86. The SMILES string of the molecule is COC(=O)/C=C/c1ccc(/C=C/c2ccccn2)nc1. The summed E-state index contributed by atoms with van der Waals surface area (Å²) < 4.78 is 4.52. The van der Waals surface area contributed by atoms with Gasteiger partial charge in [0.1, 0.15) is 0 Å². The molecule has 0 saturated carbocycles. The molecule has 0 saturated heterocycles. The van der Waals surface area contributed by atoms with Crippen molar-refractivity contribution in [2.75, 3.05) is 7.11 Å². The van der Waals surface area contributed by atoms with Gasteiger partial charge in [-0.15, -0.1) is 0 Å². The van der Waals surface area contributed by atoms with Crippen LogP contribution in [0.2, 0.25) is 0 Å². The highest BCUT2D eigenvalue weighted by atomic mass is 16.5. The van der Waals surface area contributed by atoms with Crippen molar-refractivity contribution in [3.8, 4) is 0 Å². The van der Waals surface area contributed by atoms with Gasteiger partial charge >= 0.3 is 5.97 Å². The lowest BCUT2D eigenvalue weighted by atomic mass is 10.2. The van der Waals surface area contributed by atoms with Crippen LogP contribution in [0.25, 0.3) is 18.2 Å². The molecule has 0 aliphatic carbocycles. The topological polar surface area (TPSA) is 52.1 Å². The van der Waals surface area contributed by atoms with Crippen LogP contribution < -0.4 is 0 Å². The van der Waals surface area contributed by atoms with Crippen LogP contribution in [0.5, 0.6) is 0 Å². The quantitative estimate of drug-likeness (QED) is 0.630. The van der Waals surface area contributed by atoms with E-state index >= 15 is 0 Å². The first-order chi connectivity index (χ1) is 9.78. The number of nitrogens with zero attached hydrogens (tertiary/aromatic N) is 2. The van der Waals surface area contributed by atoms with E-state index in [-0.39, 0.29) is 5.97 Å². The second kappa shape index (κ2) is 6.99. The van der Waals surface area contributed by atoms with Crippen molar-refractivity contribution in [3.05, 3.63) is 65.8 Å². The van der Waals surface area contributed by atoms with E-state index < -0.39 is 0 Å². The van der Waals surface area contributed by atoms with E-state index in [1.165, 1.54) is 13.2 Å². The van der Waals surface area contributed by atoms with Crippen molar-refractivity contribution in [1.82, 2.24) is 9.97 Å². The summed E-state index contributed by atoms with van der Waals surface area (Å²) in [5.41, 5.74) is 2.54. The van der Waals surface area contributed by atoms with Gasteiger partial charge in [0, 0.05) is 18.5 Å². The molecule has 0 aliphatic rings. The van der Waals surface area contributed by atoms with Crippen LogP contribution in [0.3, 0.4) is 0 Å². The molecule has 2 rings (SSSR count). The maximum Gasteiger partial charge on any atom is 0.330 e. The molecule has 2 aromatic heterocycles. The van der Waals surface area contributed by atoms with Gasteiger partial charge in [0.15, 0.2) is 0 Å². The van der Waals surface area contributed by atoms with Gasteiger partial charge in [-0.1, -0.05) is 12.1 Å². The highest BCUT2D eigenvalue weighted by Gasteiger charge is 1.93. The number of hydrogen-bond acceptors (Lipinski definition) is 4. The third-order valence-electron chi connectivity index (χ3n) is 2.53. The normalized spacial score (nSPS) is 11.1. The van der Waals surface area contributed by atoms with E-state index in [1.54, 1.807) is 18.5 Å². The zero-order valence-corrected chi connectivity index (χ0v) is 11.1. The molecule has 4 nitrogen and oxygen atoms in total. The minimum Gasteiger partial charge on any atom is -0.466 e. The molecule has 0 radical (unpaired) electrons. The third-order valence-corrected chi connectivity index (χ3v) is 2.53. The maximum absolute atomic E-state index is 11.0. The summed E-state index contributed by atoms with van der Waals surface area (Å²) in [4.78, 5) is 19.4. The number of rotatable bonds is 4. The van der Waals surface area contributed by atoms with Crippen LogP contribution in [-0.4, -0.2) is 23.0 Å². The monoisotopic (exact) mass is 266 g/mol. The summed E-state index contributed by atoms with van der Waals surface area (Å²) in [7, 11) is 1.34. The first kappa shape index (κ1) is 13.7. The van der Waals surface area contributed by atoms with E-state index in [0.29, 0.717) is 0 Å². The molecule has 0 spiro atoms. The van der Waals surface area contributed by atoms with Crippen molar-refractivity contribution in [2.24, 2.45) is 0 Å². The molecule has 0 fully saturated rings. The molecule has 0 aromatic carbocycles. The molecule has 0 bridgehead atoms. The van der Waals surface area contributed by atoms with E-state index in [1.807, 2.05) is 42.5 Å². The predicted octanol–water partition coefficient (Wildman–Crippen LogP) is 2.83. The Hall–Kier alpha value is -2.75. The van der Waals surface area contributed by atoms with Crippen LogP contribution >= 0.6 is 0 Å². The Labute approximate surface area is 117 Å². The molecule has 0 atom stereocenters. The molecule has 0 aliphatic heterocycles. The van der Waals surface area contributed by atoms with Gasteiger partial charge < -0.3 is 4.74 Å². The molecular formula is C16H14N2O2. The van der Waals surface area contributed by atoms with E-state index in [0.717, 1.165) is 17.0 Å². The Balaban J connectivity index is 2.03. The van der Waals surface area contributed by atoms with Crippen molar-refractivity contribution in [3.63, 3.8) is 0 Å². The number of hydrogen-bond donors (Lipinski definition) is 0. The van der Waals surface area contributed by atoms with Crippen LogP contribution in [-0.2, 0) is 9.53 Å². The van der Waals surface area contributed by atoms with Gasteiger partial charge in [-0.05, 0) is 42.0 Å². The smallest absolute Gasteiger partial charge is 0.330 e. The summed E-state index contributed by atoms with van der Waals surface area (Å²) in [6.07, 6.45) is 10.2. The summed E-state index contributed by atoms with van der Waals surface area (Å²) >= 11 is 0. The lowest BCUT2D eigenvalue weighted by Crippen LogP contribution is -1.93. The Morgan fingerprint density at radius 2 is 1.85 bits per heavy atom. The molecular weight excluding hydrogens is 252 g/mol. The minimum absolute atomic E-state index is 0.385. The van der Waals surface area contributed by atoms with Gasteiger partial charge in [-0.25, -0.2) is 4.79 Å². The summed E-state index contributed by atoms with van der Waals surface area (Å²) in [5.74, 6) is -0.385. The van der Waals surface area contributed by atoms with Crippen molar-refractivity contribution in [2.45, 2.75) is 0 Å². The summed E-state index contributed by atoms with van der Waals surface area (Å²) in [6.45, 7) is 0. The standard InChI is InChI=1S/C16H14N2O2/c1-20-16(19)10-6-13-5-7-15(18-12-13)9-8-14-4-2-3-11-17-14/h2-12H,1H3/b9-8+,10-6+. The maximum atomic E-state index is 11.0. The van der Waals surface area contributed by atoms with Gasteiger partial charge in [0.2, 0.25) is 0 Å². The third kappa shape index (κ3) is 4.17. The number of carbonyl (C=O) groups is 1. The summed E-state index contributed by atoms with van der Waals surface area (Å²) in [6, 6.07) is 9.48. The average molecular weight is 266 g/mol. The van der Waals surface area contributed by atoms with Crippen LogP contribution in [0.1, 0.15) is 17.0 Å². The molecule has 0 amide bonds. The number of ether oxygens (including phenoxy) is 1. The zero-order valence-electron chi connectivity index (χ0n) is 11.1. The summed E-state index contributed by atoms with van der Waals surface area (Å²) in [5, 5.41) is 0. The molecule has 2 aromatic rings. The number of aromatic nitrogens is 2. The number of carbonyl (C=O) groups excluding carboxylic acids is 1. The van der Waals surface area contributed by atoms with Crippen molar-refractivity contribution >= 4 is 24.2 Å². The number of esters is 1. The zero-order chi connectivity index (χ0) is 14.2. The minimum atomic E-state index is -0.385. The predicted molar refractivity (Wildman–Crippen MR) is 78.5 cm³/mol. The lowest BCUT2D eigenvalue weighted by Gasteiger charge is -1.96. The molecule has 2 heterocycles. The Kier molecular flexibility index (Phi) is 4.78. The highest BCUT2D eigenvalue weighted by Crippen LogP contribution is 2.06. The molecule has 0 unspecified atom stereocenters. The van der Waals surface area contributed by atoms with E-state index in [4.69, 9.17) is 0 Å². The van der Waals surface area contributed by atoms with Crippen molar-refractivity contribution < 1.29 is 9.53 Å². The van der Waals surface area contributed by atoms with Crippen LogP contribution in [0.15, 0.2) is 48.8 Å². The molecule has 20 heavy (non-hydrogen) atoms. The van der Waals surface area contributed by atoms with E-state index in [9.17, 15) is 4.79 Å². The molecule has 100 valence electrons. The Morgan fingerprint density at radius 1 is 1.05 bits per heavy atom. The van der Waals surface area contributed by atoms with Crippen molar-refractivity contribution in [1.29, 1.82) is 0 Å².